The predicted molar refractivity (Wildman–Crippen MR) is 75.2 cm³/mol. The highest BCUT2D eigenvalue weighted by Gasteiger charge is 2.21. The van der Waals surface area contributed by atoms with E-state index in [1.54, 1.807) is 0 Å². The number of carbonyl (C=O) groups is 1. The van der Waals surface area contributed by atoms with Gasteiger partial charge in [-0.1, -0.05) is 30.3 Å². The van der Waals surface area contributed by atoms with Crippen LogP contribution in [0.2, 0.25) is 0 Å². The third kappa shape index (κ3) is 3.56. The molecule has 0 amide bonds. The van der Waals surface area contributed by atoms with Crippen molar-refractivity contribution in [2.45, 2.75) is 6.61 Å². The molecule has 0 aromatic heterocycles. The summed E-state index contributed by atoms with van der Waals surface area (Å²) in [5, 5.41) is 10.9. The fraction of sp³-hybridized carbons (Fsp3) is 0.133. The Morgan fingerprint density at radius 1 is 1.19 bits per heavy atom. The van der Waals surface area contributed by atoms with Gasteiger partial charge in [-0.15, -0.1) is 0 Å². The van der Waals surface area contributed by atoms with Gasteiger partial charge in [0, 0.05) is 12.1 Å². The predicted octanol–water partition coefficient (Wildman–Crippen LogP) is 2.96. The summed E-state index contributed by atoms with van der Waals surface area (Å²) in [6, 6.07) is 13.4. The van der Waals surface area contributed by atoms with E-state index in [1.165, 1.54) is 25.3 Å². The molecule has 0 atom stereocenters. The van der Waals surface area contributed by atoms with Crippen molar-refractivity contribution in [2.24, 2.45) is 0 Å². The van der Waals surface area contributed by atoms with Gasteiger partial charge in [-0.3, -0.25) is 10.1 Å². The lowest BCUT2D eigenvalue weighted by Gasteiger charge is -2.08. The number of carbonyl (C=O) groups excluding carboxylic acids is 1. The van der Waals surface area contributed by atoms with Crippen molar-refractivity contribution in [2.75, 3.05) is 7.11 Å². The number of hydrogen-bond donors (Lipinski definition) is 0. The van der Waals surface area contributed by atoms with Crippen LogP contribution in [-0.4, -0.2) is 18.0 Å². The Kier molecular flexibility index (Phi) is 4.50. The summed E-state index contributed by atoms with van der Waals surface area (Å²) in [4.78, 5) is 21.8. The monoisotopic (exact) mass is 287 g/mol. The minimum Gasteiger partial charge on any atom is -0.489 e. The molecule has 0 saturated carbocycles. The number of nitrogens with zero attached hydrogens (tertiary/aromatic N) is 1. The van der Waals surface area contributed by atoms with Crippen LogP contribution in [0.15, 0.2) is 48.5 Å². The number of benzene rings is 2. The first-order chi connectivity index (χ1) is 10.1. The van der Waals surface area contributed by atoms with E-state index in [0.717, 1.165) is 5.56 Å². The Balaban J connectivity index is 2.21. The Morgan fingerprint density at radius 3 is 2.52 bits per heavy atom. The quantitative estimate of drug-likeness (QED) is 0.480. The second-order valence-electron chi connectivity index (χ2n) is 4.20. The Morgan fingerprint density at radius 2 is 1.90 bits per heavy atom. The first kappa shape index (κ1) is 14.5. The zero-order valence-electron chi connectivity index (χ0n) is 11.3. The second kappa shape index (κ2) is 6.51. The van der Waals surface area contributed by atoms with E-state index in [-0.39, 0.29) is 11.3 Å². The third-order valence-electron chi connectivity index (χ3n) is 2.82. The largest absolute Gasteiger partial charge is 0.489 e. The molecule has 0 N–H and O–H groups in total. The van der Waals surface area contributed by atoms with Crippen LogP contribution in [-0.2, 0) is 11.3 Å². The van der Waals surface area contributed by atoms with E-state index >= 15 is 0 Å². The molecule has 0 spiro atoms. The van der Waals surface area contributed by atoms with E-state index in [4.69, 9.17) is 4.74 Å². The van der Waals surface area contributed by atoms with Crippen molar-refractivity contribution in [3.8, 4) is 5.75 Å². The summed E-state index contributed by atoms with van der Waals surface area (Å²) in [7, 11) is 1.17. The van der Waals surface area contributed by atoms with Gasteiger partial charge in [-0.2, -0.15) is 0 Å². The van der Waals surface area contributed by atoms with Gasteiger partial charge >= 0.3 is 5.97 Å². The molecule has 0 saturated heterocycles. The van der Waals surface area contributed by atoms with Crippen molar-refractivity contribution in [3.63, 3.8) is 0 Å². The Hall–Kier alpha value is -2.89. The molecule has 0 radical (unpaired) electrons. The smallest absolute Gasteiger partial charge is 0.345 e. The lowest BCUT2D eigenvalue weighted by molar-refractivity contribution is -0.385. The molecule has 2 rings (SSSR count). The topological polar surface area (TPSA) is 78.7 Å². The lowest BCUT2D eigenvalue weighted by Crippen LogP contribution is -2.06. The molecule has 0 aliphatic rings. The molecule has 6 nitrogen and oxygen atoms in total. The Bertz CT molecular complexity index is 654. The second-order valence-corrected chi connectivity index (χ2v) is 4.20. The standard InChI is InChI=1S/C15H13NO5/c1-20-15(17)13-9-12(7-8-14(13)16(18)19)21-10-11-5-3-2-4-6-11/h2-9H,10H2,1H3. The van der Waals surface area contributed by atoms with Crippen LogP contribution in [0.5, 0.6) is 5.75 Å². The van der Waals surface area contributed by atoms with Crippen molar-refractivity contribution < 1.29 is 19.2 Å². The Labute approximate surface area is 121 Å². The molecule has 0 bridgehead atoms. The van der Waals surface area contributed by atoms with Crippen molar-refractivity contribution in [3.05, 3.63) is 69.8 Å². The molecule has 21 heavy (non-hydrogen) atoms. The van der Waals surface area contributed by atoms with Crippen LogP contribution in [0.3, 0.4) is 0 Å². The third-order valence-corrected chi connectivity index (χ3v) is 2.82. The van der Waals surface area contributed by atoms with E-state index in [2.05, 4.69) is 4.74 Å². The van der Waals surface area contributed by atoms with Gasteiger partial charge in [0.2, 0.25) is 0 Å². The highest BCUT2D eigenvalue weighted by Crippen LogP contribution is 2.25. The SMILES string of the molecule is COC(=O)c1cc(OCc2ccccc2)ccc1[N+](=O)[O-]. The molecule has 0 heterocycles. The van der Waals surface area contributed by atoms with Crippen LogP contribution in [0.4, 0.5) is 5.69 Å². The van der Waals surface area contributed by atoms with E-state index in [9.17, 15) is 14.9 Å². The number of nitro groups is 1. The molecule has 2 aromatic carbocycles. The number of esters is 1. The van der Waals surface area contributed by atoms with Crippen molar-refractivity contribution in [1.82, 2.24) is 0 Å². The van der Waals surface area contributed by atoms with Gasteiger partial charge in [0.25, 0.3) is 5.69 Å². The minimum absolute atomic E-state index is 0.131. The molecule has 6 heteroatoms. The van der Waals surface area contributed by atoms with Crippen LogP contribution in [0, 0.1) is 10.1 Å². The molecule has 0 aliphatic carbocycles. The average Bonchev–Trinajstić information content (AvgIpc) is 2.52. The fourth-order valence-corrected chi connectivity index (χ4v) is 1.78. The summed E-state index contributed by atoms with van der Waals surface area (Å²) >= 11 is 0. The normalized spacial score (nSPS) is 9.95. The van der Waals surface area contributed by atoms with Crippen LogP contribution < -0.4 is 4.74 Å². The maximum atomic E-state index is 11.6. The molecule has 0 unspecified atom stereocenters. The van der Waals surface area contributed by atoms with E-state index in [0.29, 0.717) is 12.4 Å². The van der Waals surface area contributed by atoms with Gasteiger partial charge in [-0.25, -0.2) is 4.79 Å². The van der Waals surface area contributed by atoms with Gasteiger partial charge in [0.05, 0.1) is 12.0 Å². The summed E-state index contributed by atoms with van der Waals surface area (Å²) in [5.41, 5.74) is 0.512. The summed E-state index contributed by atoms with van der Waals surface area (Å²) in [5.74, 6) is -0.406. The molecule has 2 aromatic rings. The van der Waals surface area contributed by atoms with E-state index < -0.39 is 10.9 Å². The van der Waals surface area contributed by atoms with Crippen LogP contribution in [0.1, 0.15) is 15.9 Å². The first-order valence-corrected chi connectivity index (χ1v) is 6.15. The fourth-order valence-electron chi connectivity index (χ4n) is 1.78. The lowest BCUT2D eigenvalue weighted by atomic mass is 10.1. The van der Waals surface area contributed by atoms with Crippen molar-refractivity contribution in [1.29, 1.82) is 0 Å². The number of ether oxygens (including phenoxy) is 2. The number of nitro benzene ring substituents is 1. The zero-order valence-corrected chi connectivity index (χ0v) is 11.3. The van der Waals surface area contributed by atoms with Gasteiger partial charge < -0.3 is 9.47 Å². The van der Waals surface area contributed by atoms with E-state index in [1.807, 2.05) is 30.3 Å². The molecular weight excluding hydrogens is 274 g/mol. The van der Waals surface area contributed by atoms with Gasteiger partial charge in [-0.05, 0) is 11.6 Å². The molecule has 0 fully saturated rings. The average molecular weight is 287 g/mol. The summed E-state index contributed by atoms with van der Waals surface area (Å²) in [6.07, 6.45) is 0. The maximum absolute atomic E-state index is 11.6. The minimum atomic E-state index is -0.771. The van der Waals surface area contributed by atoms with Gasteiger partial charge in [0.15, 0.2) is 0 Å². The molecule has 108 valence electrons. The number of rotatable bonds is 5. The van der Waals surface area contributed by atoms with Crippen LogP contribution >= 0.6 is 0 Å². The molecule has 0 aliphatic heterocycles. The van der Waals surface area contributed by atoms with Gasteiger partial charge in [0.1, 0.15) is 17.9 Å². The molecular formula is C15H13NO5. The number of hydrogen-bond acceptors (Lipinski definition) is 5. The maximum Gasteiger partial charge on any atom is 0.345 e. The zero-order chi connectivity index (χ0) is 15.2. The highest BCUT2D eigenvalue weighted by atomic mass is 16.6. The summed E-state index contributed by atoms with van der Waals surface area (Å²) < 4.78 is 10.1. The highest BCUT2D eigenvalue weighted by molar-refractivity contribution is 5.94. The van der Waals surface area contributed by atoms with Crippen LogP contribution in [0.25, 0.3) is 0 Å². The number of methoxy groups -OCH3 is 1. The summed E-state index contributed by atoms with van der Waals surface area (Å²) in [6.45, 7) is 0.305. The van der Waals surface area contributed by atoms with Crippen molar-refractivity contribution >= 4 is 11.7 Å². The first-order valence-electron chi connectivity index (χ1n) is 6.15.